The second-order valence-electron chi connectivity index (χ2n) is 8.24. The number of aryl methyl sites for hydroxylation is 4. The Morgan fingerprint density at radius 1 is 0.719 bits per heavy atom. The van der Waals surface area contributed by atoms with Gasteiger partial charge in [-0.2, -0.15) is 0 Å². The highest BCUT2D eigenvalue weighted by Crippen LogP contribution is 2.36. The summed E-state index contributed by atoms with van der Waals surface area (Å²) < 4.78 is 5.48. The van der Waals surface area contributed by atoms with E-state index in [1.54, 1.807) is 7.11 Å². The fraction of sp³-hybridized carbons (Fsp3) is 0.185. The van der Waals surface area contributed by atoms with Gasteiger partial charge in [0.25, 0.3) is 11.8 Å². The van der Waals surface area contributed by atoms with Crippen LogP contribution in [-0.2, 0) is 9.59 Å². The number of hydrogen-bond donors (Lipinski definition) is 1. The Bertz CT molecular complexity index is 1240. The number of rotatable bonds is 5. The lowest BCUT2D eigenvalue weighted by atomic mass is 10.0. The van der Waals surface area contributed by atoms with Crippen molar-refractivity contribution in [2.75, 3.05) is 17.3 Å². The quantitative estimate of drug-likeness (QED) is 0.561. The second-order valence-corrected chi connectivity index (χ2v) is 8.24. The number of nitrogens with zero attached hydrogens (tertiary/aromatic N) is 1. The van der Waals surface area contributed by atoms with Crippen LogP contribution in [0.25, 0.3) is 5.57 Å². The first-order valence-electron chi connectivity index (χ1n) is 10.5. The Morgan fingerprint density at radius 2 is 1.34 bits per heavy atom. The van der Waals surface area contributed by atoms with Crippen LogP contribution in [0.15, 0.2) is 66.4 Å². The fourth-order valence-electron chi connectivity index (χ4n) is 4.00. The maximum atomic E-state index is 13.6. The normalized spacial score (nSPS) is 13.7. The number of benzene rings is 3. The Morgan fingerprint density at radius 3 is 1.97 bits per heavy atom. The van der Waals surface area contributed by atoms with Crippen LogP contribution in [0.1, 0.15) is 27.8 Å². The number of methoxy groups -OCH3 is 1. The third-order valence-electron chi connectivity index (χ3n) is 5.50. The summed E-state index contributed by atoms with van der Waals surface area (Å²) in [5, 5.41) is 3.22. The van der Waals surface area contributed by atoms with Gasteiger partial charge >= 0.3 is 0 Å². The first-order chi connectivity index (χ1) is 15.3. The van der Waals surface area contributed by atoms with E-state index in [0.29, 0.717) is 28.3 Å². The van der Waals surface area contributed by atoms with Crippen LogP contribution in [0, 0.1) is 27.7 Å². The van der Waals surface area contributed by atoms with Crippen LogP contribution in [0.5, 0.6) is 5.75 Å². The summed E-state index contributed by atoms with van der Waals surface area (Å²) in [6.45, 7) is 7.85. The SMILES string of the molecule is COc1ccc(C)cc1NC1=C(c2ccc(C)cc2)C(=O)N(c2cc(C)cc(C)c2)C1=O. The molecule has 2 amide bonds. The molecule has 5 heteroatoms. The molecular weight excluding hydrogens is 400 g/mol. The molecule has 0 atom stereocenters. The lowest BCUT2D eigenvalue weighted by Crippen LogP contribution is -2.32. The standard InChI is InChI=1S/C27H26N2O3/c1-16-6-9-20(10-7-16)24-25(28-22-15-17(2)8-11-23(22)32-5)27(31)29(26(24)30)21-13-18(3)12-19(4)14-21/h6-15,28H,1-5H3. The van der Waals surface area contributed by atoms with Gasteiger partial charge in [0.1, 0.15) is 11.4 Å². The zero-order valence-corrected chi connectivity index (χ0v) is 18.9. The van der Waals surface area contributed by atoms with E-state index in [1.807, 2.05) is 88.4 Å². The van der Waals surface area contributed by atoms with E-state index in [-0.39, 0.29) is 17.5 Å². The Hall–Kier alpha value is -3.86. The van der Waals surface area contributed by atoms with E-state index < -0.39 is 0 Å². The zero-order chi connectivity index (χ0) is 23.0. The molecule has 0 fully saturated rings. The Kier molecular flexibility index (Phi) is 5.57. The van der Waals surface area contributed by atoms with Gasteiger partial charge in [-0.1, -0.05) is 42.0 Å². The van der Waals surface area contributed by atoms with E-state index in [2.05, 4.69) is 5.32 Å². The number of anilines is 2. The highest BCUT2D eigenvalue weighted by atomic mass is 16.5. The van der Waals surface area contributed by atoms with Crippen molar-refractivity contribution < 1.29 is 14.3 Å². The molecule has 0 saturated carbocycles. The molecule has 32 heavy (non-hydrogen) atoms. The van der Waals surface area contributed by atoms with Crippen molar-refractivity contribution in [1.82, 2.24) is 0 Å². The lowest BCUT2D eigenvalue weighted by Gasteiger charge is -2.17. The van der Waals surface area contributed by atoms with Crippen molar-refractivity contribution in [3.05, 3.63) is 94.2 Å². The second kappa shape index (κ2) is 8.35. The maximum absolute atomic E-state index is 13.6. The summed E-state index contributed by atoms with van der Waals surface area (Å²) >= 11 is 0. The molecule has 1 aliphatic heterocycles. The van der Waals surface area contributed by atoms with E-state index in [1.165, 1.54) is 4.90 Å². The summed E-state index contributed by atoms with van der Waals surface area (Å²) in [5.41, 5.74) is 6.53. The van der Waals surface area contributed by atoms with Gasteiger partial charge in [-0.05, 0) is 74.2 Å². The van der Waals surface area contributed by atoms with Crippen LogP contribution >= 0.6 is 0 Å². The van der Waals surface area contributed by atoms with Gasteiger partial charge in [0.15, 0.2) is 0 Å². The summed E-state index contributed by atoms with van der Waals surface area (Å²) in [4.78, 5) is 28.5. The Labute approximate surface area is 188 Å². The molecule has 0 aromatic heterocycles. The average molecular weight is 427 g/mol. The highest BCUT2D eigenvalue weighted by Gasteiger charge is 2.40. The number of amides is 2. The van der Waals surface area contributed by atoms with Gasteiger partial charge in [0.2, 0.25) is 0 Å². The number of hydrogen-bond acceptors (Lipinski definition) is 4. The number of imide groups is 1. The van der Waals surface area contributed by atoms with Gasteiger partial charge in [0.05, 0.1) is 24.1 Å². The van der Waals surface area contributed by atoms with Crippen molar-refractivity contribution >= 4 is 28.8 Å². The molecule has 0 radical (unpaired) electrons. The molecule has 3 aromatic rings. The molecule has 0 unspecified atom stereocenters. The van der Waals surface area contributed by atoms with Crippen LogP contribution in [0.4, 0.5) is 11.4 Å². The van der Waals surface area contributed by atoms with E-state index in [0.717, 1.165) is 22.3 Å². The first-order valence-corrected chi connectivity index (χ1v) is 10.5. The summed E-state index contributed by atoms with van der Waals surface area (Å²) in [6.07, 6.45) is 0. The van der Waals surface area contributed by atoms with Crippen LogP contribution < -0.4 is 15.0 Å². The number of carbonyl (C=O) groups is 2. The predicted molar refractivity (Wildman–Crippen MR) is 128 cm³/mol. The molecule has 0 aliphatic carbocycles. The molecule has 4 rings (SSSR count). The fourth-order valence-corrected chi connectivity index (χ4v) is 4.00. The average Bonchev–Trinajstić information content (AvgIpc) is 2.98. The van der Waals surface area contributed by atoms with E-state index in [9.17, 15) is 9.59 Å². The summed E-state index contributed by atoms with van der Waals surface area (Å²) in [5.74, 6) is -0.145. The van der Waals surface area contributed by atoms with Crippen LogP contribution in [0.3, 0.4) is 0 Å². The van der Waals surface area contributed by atoms with E-state index in [4.69, 9.17) is 4.74 Å². The van der Waals surface area contributed by atoms with Crippen molar-refractivity contribution in [1.29, 1.82) is 0 Å². The van der Waals surface area contributed by atoms with Crippen molar-refractivity contribution in [3.63, 3.8) is 0 Å². The third-order valence-corrected chi connectivity index (χ3v) is 5.50. The molecule has 1 N–H and O–H groups in total. The lowest BCUT2D eigenvalue weighted by molar-refractivity contribution is -0.120. The van der Waals surface area contributed by atoms with Crippen LogP contribution in [-0.4, -0.2) is 18.9 Å². The topological polar surface area (TPSA) is 58.6 Å². The molecule has 0 saturated heterocycles. The molecule has 1 aliphatic rings. The largest absolute Gasteiger partial charge is 0.495 e. The third kappa shape index (κ3) is 3.89. The minimum Gasteiger partial charge on any atom is -0.495 e. The molecule has 162 valence electrons. The minimum atomic E-state index is -0.390. The molecule has 1 heterocycles. The van der Waals surface area contributed by atoms with E-state index >= 15 is 0 Å². The van der Waals surface area contributed by atoms with Crippen LogP contribution in [0.2, 0.25) is 0 Å². The van der Waals surface area contributed by atoms with Gasteiger partial charge in [-0.15, -0.1) is 0 Å². The van der Waals surface area contributed by atoms with Gasteiger partial charge < -0.3 is 10.1 Å². The minimum absolute atomic E-state index is 0.238. The van der Waals surface area contributed by atoms with Gasteiger partial charge in [-0.25, -0.2) is 4.90 Å². The molecule has 3 aromatic carbocycles. The number of ether oxygens (including phenoxy) is 1. The maximum Gasteiger partial charge on any atom is 0.282 e. The van der Waals surface area contributed by atoms with Crippen molar-refractivity contribution in [2.24, 2.45) is 0 Å². The summed E-state index contributed by atoms with van der Waals surface area (Å²) in [7, 11) is 1.58. The highest BCUT2D eigenvalue weighted by molar-refractivity contribution is 6.46. The van der Waals surface area contributed by atoms with Crippen molar-refractivity contribution in [2.45, 2.75) is 27.7 Å². The van der Waals surface area contributed by atoms with Gasteiger partial charge in [-0.3, -0.25) is 9.59 Å². The molecule has 5 nitrogen and oxygen atoms in total. The molecule has 0 bridgehead atoms. The number of nitrogens with one attached hydrogen (secondary N) is 1. The smallest absolute Gasteiger partial charge is 0.282 e. The predicted octanol–water partition coefficient (Wildman–Crippen LogP) is 5.33. The molecule has 0 spiro atoms. The monoisotopic (exact) mass is 426 g/mol. The zero-order valence-electron chi connectivity index (χ0n) is 18.9. The van der Waals surface area contributed by atoms with Gasteiger partial charge in [0, 0.05) is 0 Å². The first kappa shape index (κ1) is 21.4. The summed E-state index contributed by atoms with van der Waals surface area (Å²) in [6, 6.07) is 19.0. The number of carbonyl (C=O) groups excluding carboxylic acids is 2. The van der Waals surface area contributed by atoms with Crippen molar-refractivity contribution in [3.8, 4) is 5.75 Å². The molecular formula is C27H26N2O3. The Balaban J connectivity index is 1.87.